The predicted octanol–water partition coefficient (Wildman–Crippen LogP) is 1.84. The van der Waals surface area contributed by atoms with Crippen LogP contribution in [0.15, 0.2) is 23.9 Å². The summed E-state index contributed by atoms with van der Waals surface area (Å²) in [6.07, 6.45) is 0.851. The molecule has 0 aliphatic carbocycles. The van der Waals surface area contributed by atoms with E-state index < -0.39 is 0 Å². The van der Waals surface area contributed by atoms with Crippen LogP contribution in [0.1, 0.15) is 29.9 Å². The maximum atomic E-state index is 13.4. The zero-order valence-electron chi connectivity index (χ0n) is 9.42. The molecule has 2 rings (SSSR count). The van der Waals surface area contributed by atoms with E-state index in [0.29, 0.717) is 24.0 Å². The third-order valence-corrected chi connectivity index (χ3v) is 2.99. The number of hydrogen-bond donors (Lipinski definition) is 1. The lowest BCUT2D eigenvalue weighted by Crippen LogP contribution is -2.32. The molecule has 1 N–H and O–H groups in total. The van der Waals surface area contributed by atoms with Crippen molar-refractivity contribution in [2.24, 2.45) is 0 Å². The molecule has 1 saturated heterocycles. The number of nitrogens with one attached hydrogen (secondary N) is 1. The highest BCUT2D eigenvalue weighted by atomic mass is 19.1. The van der Waals surface area contributed by atoms with E-state index in [1.165, 1.54) is 6.07 Å². The molecule has 0 spiro atoms. The maximum Gasteiger partial charge on any atom is 0.224 e. The Hall–Kier alpha value is -1.93. The predicted molar refractivity (Wildman–Crippen MR) is 60.5 cm³/mol. The van der Waals surface area contributed by atoms with E-state index in [2.05, 4.69) is 5.32 Å². The fourth-order valence-corrected chi connectivity index (χ4v) is 1.98. The number of carbonyl (C=O) groups is 1. The Balaban J connectivity index is 2.35. The molecule has 3 nitrogen and oxygen atoms in total. The van der Waals surface area contributed by atoms with Crippen LogP contribution in [-0.4, -0.2) is 11.8 Å². The summed E-state index contributed by atoms with van der Waals surface area (Å²) < 4.78 is 13.4. The lowest BCUT2D eigenvalue weighted by molar-refractivity contribution is -0.121. The van der Waals surface area contributed by atoms with Gasteiger partial charge in [-0.05, 0) is 30.5 Å². The summed E-state index contributed by atoms with van der Waals surface area (Å²) in [5, 5.41) is 2.48. The van der Waals surface area contributed by atoms with Gasteiger partial charge in [-0.25, -0.2) is 9.18 Å². The maximum absolute atomic E-state index is 13.4. The molecule has 88 valence electrons. The Bertz CT molecular complexity index is 518. The van der Waals surface area contributed by atoms with E-state index in [1.807, 2.05) is 0 Å². The van der Waals surface area contributed by atoms with Crippen molar-refractivity contribution in [1.29, 1.82) is 0 Å². The molecule has 1 aliphatic heterocycles. The molecule has 0 saturated carbocycles. The number of halogens is 1. The second-order valence-corrected chi connectivity index (χ2v) is 4.16. The smallest absolute Gasteiger partial charge is 0.224 e. The molecule has 1 aromatic carbocycles. The number of aryl methyl sites for hydroxylation is 1. The van der Waals surface area contributed by atoms with Gasteiger partial charge in [-0.15, -0.1) is 0 Å². The first kappa shape index (κ1) is 11.6. The van der Waals surface area contributed by atoms with Crippen molar-refractivity contribution in [2.45, 2.75) is 25.7 Å². The van der Waals surface area contributed by atoms with Gasteiger partial charge in [-0.3, -0.25) is 4.79 Å². The van der Waals surface area contributed by atoms with Crippen LogP contribution in [0.25, 0.3) is 0 Å². The number of hydrogen-bond acceptors (Lipinski definition) is 2. The van der Waals surface area contributed by atoms with Gasteiger partial charge < -0.3 is 5.32 Å². The summed E-state index contributed by atoms with van der Waals surface area (Å²) >= 11 is 0. The van der Waals surface area contributed by atoms with Gasteiger partial charge >= 0.3 is 0 Å². The molecule has 1 atom stereocenters. The third kappa shape index (κ3) is 2.27. The van der Waals surface area contributed by atoms with Gasteiger partial charge in [0.2, 0.25) is 5.91 Å². The van der Waals surface area contributed by atoms with E-state index in [1.54, 1.807) is 25.0 Å². The SMILES string of the molecule is Cc1ccc(C2CCC(=O)NC2=C=O)cc1F. The first-order valence-electron chi connectivity index (χ1n) is 5.42. The minimum absolute atomic E-state index is 0.188. The van der Waals surface area contributed by atoms with Gasteiger partial charge in [-0.1, -0.05) is 12.1 Å². The topological polar surface area (TPSA) is 46.2 Å². The van der Waals surface area contributed by atoms with Crippen LogP contribution in [-0.2, 0) is 9.59 Å². The van der Waals surface area contributed by atoms with Crippen molar-refractivity contribution in [3.05, 3.63) is 40.8 Å². The Morgan fingerprint density at radius 3 is 2.88 bits per heavy atom. The van der Waals surface area contributed by atoms with Crippen LogP contribution < -0.4 is 5.32 Å². The van der Waals surface area contributed by atoms with Crippen LogP contribution >= 0.6 is 0 Å². The quantitative estimate of drug-likeness (QED) is 0.752. The molecular weight excluding hydrogens is 221 g/mol. The zero-order valence-corrected chi connectivity index (χ0v) is 9.42. The first-order valence-corrected chi connectivity index (χ1v) is 5.42. The summed E-state index contributed by atoms with van der Waals surface area (Å²) in [6.45, 7) is 1.68. The molecule has 1 aromatic rings. The fraction of sp³-hybridized carbons (Fsp3) is 0.308. The lowest BCUT2D eigenvalue weighted by Gasteiger charge is -2.23. The van der Waals surface area contributed by atoms with E-state index >= 15 is 0 Å². The summed E-state index contributed by atoms with van der Waals surface area (Å²) in [5.74, 6) is 0.977. The summed E-state index contributed by atoms with van der Waals surface area (Å²) in [5.41, 5.74) is 1.46. The van der Waals surface area contributed by atoms with Crippen molar-refractivity contribution in [2.75, 3.05) is 0 Å². The van der Waals surface area contributed by atoms with E-state index in [9.17, 15) is 14.0 Å². The van der Waals surface area contributed by atoms with Crippen LogP contribution in [0.3, 0.4) is 0 Å². The van der Waals surface area contributed by atoms with Gasteiger partial charge in [0.05, 0.1) is 0 Å². The number of allylic oxidation sites excluding steroid dienone is 1. The summed E-state index contributed by atoms with van der Waals surface area (Å²) in [4.78, 5) is 21.9. The van der Waals surface area contributed by atoms with Crippen molar-refractivity contribution < 1.29 is 14.0 Å². The van der Waals surface area contributed by atoms with Gasteiger partial charge in [0.1, 0.15) is 17.5 Å². The Labute approximate surface area is 98.3 Å². The molecule has 17 heavy (non-hydrogen) atoms. The highest BCUT2D eigenvalue weighted by Crippen LogP contribution is 2.30. The number of piperidine rings is 1. The molecular formula is C13H12FNO2. The normalized spacial score (nSPS) is 19.8. The van der Waals surface area contributed by atoms with Crippen molar-refractivity contribution >= 4 is 11.8 Å². The Morgan fingerprint density at radius 2 is 2.24 bits per heavy atom. The number of benzene rings is 1. The fourth-order valence-electron chi connectivity index (χ4n) is 1.98. The van der Waals surface area contributed by atoms with Gasteiger partial charge in [0, 0.05) is 12.3 Å². The largest absolute Gasteiger partial charge is 0.320 e. The van der Waals surface area contributed by atoms with Crippen LogP contribution in [0, 0.1) is 12.7 Å². The van der Waals surface area contributed by atoms with Crippen LogP contribution in [0.2, 0.25) is 0 Å². The number of amides is 1. The third-order valence-electron chi connectivity index (χ3n) is 2.99. The highest BCUT2D eigenvalue weighted by Gasteiger charge is 2.26. The molecule has 0 radical (unpaired) electrons. The molecule has 0 aromatic heterocycles. The number of carbonyl (C=O) groups excluding carboxylic acids is 2. The molecule has 0 bridgehead atoms. The minimum Gasteiger partial charge on any atom is -0.320 e. The average molecular weight is 233 g/mol. The number of rotatable bonds is 1. The highest BCUT2D eigenvalue weighted by molar-refractivity contribution is 5.82. The van der Waals surface area contributed by atoms with Crippen LogP contribution in [0.5, 0.6) is 0 Å². The molecule has 1 unspecified atom stereocenters. The Morgan fingerprint density at radius 1 is 1.47 bits per heavy atom. The van der Waals surface area contributed by atoms with Gasteiger partial charge in [0.15, 0.2) is 0 Å². The lowest BCUT2D eigenvalue weighted by atomic mass is 9.88. The van der Waals surface area contributed by atoms with Crippen molar-refractivity contribution in [1.82, 2.24) is 5.32 Å². The van der Waals surface area contributed by atoms with E-state index in [-0.39, 0.29) is 23.3 Å². The summed E-state index contributed by atoms with van der Waals surface area (Å²) in [7, 11) is 0. The standard InChI is InChI=1S/C13H12FNO2/c1-8-2-3-9(6-11(8)14)10-4-5-13(17)15-12(10)7-16/h2-3,6,10H,4-5H2,1H3,(H,15,17). The zero-order chi connectivity index (χ0) is 12.4. The first-order chi connectivity index (χ1) is 8.11. The van der Waals surface area contributed by atoms with Gasteiger partial charge in [-0.2, -0.15) is 0 Å². The van der Waals surface area contributed by atoms with E-state index in [4.69, 9.17) is 0 Å². The monoisotopic (exact) mass is 233 g/mol. The minimum atomic E-state index is -0.301. The molecule has 1 amide bonds. The molecule has 1 heterocycles. The molecule has 1 aliphatic rings. The van der Waals surface area contributed by atoms with Crippen molar-refractivity contribution in [3.8, 4) is 0 Å². The van der Waals surface area contributed by atoms with Crippen molar-refractivity contribution in [3.63, 3.8) is 0 Å². The van der Waals surface area contributed by atoms with Gasteiger partial charge in [0.25, 0.3) is 0 Å². The molecule has 1 fully saturated rings. The van der Waals surface area contributed by atoms with Crippen LogP contribution in [0.4, 0.5) is 4.39 Å². The average Bonchev–Trinajstić information content (AvgIpc) is 2.32. The summed E-state index contributed by atoms with van der Waals surface area (Å²) in [6, 6.07) is 4.86. The second kappa shape index (κ2) is 4.52. The molecule has 4 heteroatoms. The Kier molecular flexibility index (Phi) is 3.07. The second-order valence-electron chi connectivity index (χ2n) is 4.16. The van der Waals surface area contributed by atoms with E-state index in [0.717, 1.165) is 0 Å².